The van der Waals surface area contributed by atoms with Gasteiger partial charge in [0.1, 0.15) is 11.9 Å². The fourth-order valence-corrected chi connectivity index (χ4v) is 2.67. The van der Waals surface area contributed by atoms with Crippen LogP contribution in [0.3, 0.4) is 0 Å². The predicted octanol–water partition coefficient (Wildman–Crippen LogP) is 3.62. The van der Waals surface area contributed by atoms with Crippen LogP contribution in [0.5, 0.6) is 0 Å². The zero-order valence-corrected chi connectivity index (χ0v) is 13.7. The Hall–Kier alpha value is -2.77. The number of benzene rings is 1. The second-order valence-corrected chi connectivity index (χ2v) is 5.69. The topological polar surface area (TPSA) is 79.4 Å². The molecule has 2 aromatic rings. The molecular weight excluding hydrogens is 308 g/mol. The van der Waals surface area contributed by atoms with Crippen LogP contribution < -0.4 is 9.47 Å². The Labute approximate surface area is 139 Å². The van der Waals surface area contributed by atoms with Gasteiger partial charge in [0, 0.05) is 24.2 Å². The molecule has 0 amide bonds. The highest BCUT2D eigenvalue weighted by atomic mass is 32.1. The molecule has 0 aliphatic rings. The molecule has 0 bridgehead atoms. The minimum Gasteiger partial charge on any atom is -0.369 e. The van der Waals surface area contributed by atoms with Gasteiger partial charge in [0.25, 0.3) is 0 Å². The molecule has 0 saturated carbocycles. The van der Waals surface area contributed by atoms with Gasteiger partial charge in [0.15, 0.2) is 0 Å². The molecule has 0 N–H and O–H groups in total. The molecule has 0 fully saturated rings. The van der Waals surface area contributed by atoms with Crippen LogP contribution in [-0.4, -0.2) is 13.1 Å². The minimum absolute atomic E-state index is 0.432. The van der Waals surface area contributed by atoms with Crippen molar-refractivity contribution in [3.63, 3.8) is 0 Å². The van der Waals surface area contributed by atoms with Gasteiger partial charge < -0.3 is 4.90 Å². The van der Waals surface area contributed by atoms with Crippen molar-refractivity contribution in [1.29, 1.82) is 10.5 Å². The smallest absolute Gasteiger partial charge is 0.369 e. The molecule has 0 atom stereocenters. The normalized spacial score (nSPS) is 10.4. The molecule has 0 saturated heterocycles. The number of azo groups is 1. The van der Waals surface area contributed by atoms with Crippen LogP contribution in [0.1, 0.15) is 12.8 Å². The first-order valence-electron chi connectivity index (χ1n) is 7.18. The summed E-state index contributed by atoms with van der Waals surface area (Å²) in [5.41, 5.74) is 1.75. The fraction of sp³-hybridized carbons (Fsp3) is 0.312. The van der Waals surface area contributed by atoms with Crippen molar-refractivity contribution in [2.24, 2.45) is 17.3 Å². The van der Waals surface area contributed by atoms with E-state index in [9.17, 15) is 0 Å². The van der Waals surface area contributed by atoms with Gasteiger partial charge in [0.05, 0.1) is 37.1 Å². The molecule has 23 heavy (non-hydrogen) atoms. The van der Waals surface area contributed by atoms with Crippen molar-refractivity contribution in [2.75, 3.05) is 18.0 Å². The van der Waals surface area contributed by atoms with Gasteiger partial charge in [-0.15, -0.1) is 0 Å². The maximum atomic E-state index is 8.74. The molecule has 0 spiro atoms. The first kappa shape index (κ1) is 16.6. The molecule has 6 nitrogen and oxygen atoms in total. The summed E-state index contributed by atoms with van der Waals surface area (Å²) in [6, 6.07) is 11.9. The first-order chi connectivity index (χ1) is 11.2. The lowest BCUT2D eigenvalue weighted by Gasteiger charge is -2.22. The molecule has 2 rings (SSSR count). The molecule has 0 unspecified atom stereocenters. The van der Waals surface area contributed by atoms with E-state index in [1.165, 1.54) is 11.3 Å². The second kappa shape index (κ2) is 8.62. The van der Waals surface area contributed by atoms with Gasteiger partial charge in [-0.2, -0.15) is 10.5 Å². The Morgan fingerprint density at radius 3 is 2.26 bits per heavy atom. The Bertz CT molecular complexity index is 717. The van der Waals surface area contributed by atoms with E-state index in [-0.39, 0.29) is 0 Å². The number of nitrogens with zero attached hydrogens (tertiary/aromatic N) is 6. The number of rotatable bonds is 7. The van der Waals surface area contributed by atoms with Gasteiger partial charge in [-0.25, -0.2) is 4.57 Å². The van der Waals surface area contributed by atoms with Crippen molar-refractivity contribution in [1.82, 2.24) is 0 Å². The van der Waals surface area contributed by atoms with Crippen molar-refractivity contribution in [2.45, 2.75) is 12.8 Å². The standard InChI is InChI=1S/C16H17N6S/c1-21-12-13-23-16(21)20-19-14-4-6-15(7-5-14)22(10-2-8-17)11-3-9-18/h4-7,12-13H,2-3,10-11H2,1H3/q+1. The van der Waals surface area contributed by atoms with Crippen molar-refractivity contribution < 1.29 is 4.57 Å². The molecule has 1 heterocycles. The lowest BCUT2D eigenvalue weighted by atomic mass is 10.2. The Morgan fingerprint density at radius 2 is 1.74 bits per heavy atom. The maximum Gasteiger partial charge on any atom is 0.408 e. The quantitative estimate of drug-likeness (QED) is 0.576. The Balaban J connectivity index is 2.07. The lowest BCUT2D eigenvalue weighted by molar-refractivity contribution is -0.654. The average Bonchev–Trinajstić information content (AvgIpc) is 2.99. The summed E-state index contributed by atoms with van der Waals surface area (Å²) in [6.07, 6.45) is 2.80. The zero-order valence-electron chi connectivity index (χ0n) is 12.9. The van der Waals surface area contributed by atoms with E-state index in [1.807, 2.05) is 52.4 Å². The second-order valence-electron chi connectivity index (χ2n) is 4.82. The van der Waals surface area contributed by atoms with Gasteiger partial charge in [-0.1, -0.05) is 0 Å². The number of aryl methyl sites for hydroxylation is 1. The van der Waals surface area contributed by atoms with Crippen LogP contribution in [0.2, 0.25) is 0 Å². The molecule has 1 aromatic carbocycles. The Kier molecular flexibility index (Phi) is 6.22. The molecular formula is C16H17N6S+. The summed E-state index contributed by atoms with van der Waals surface area (Å²) in [7, 11) is 1.93. The van der Waals surface area contributed by atoms with Gasteiger partial charge in [0.2, 0.25) is 0 Å². The number of hydrogen-bond acceptors (Lipinski definition) is 6. The molecule has 116 valence electrons. The third kappa shape index (κ3) is 4.87. The number of aromatic nitrogens is 1. The number of anilines is 1. The zero-order chi connectivity index (χ0) is 16.5. The van der Waals surface area contributed by atoms with Crippen molar-refractivity contribution in [3.8, 4) is 12.1 Å². The van der Waals surface area contributed by atoms with E-state index >= 15 is 0 Å². The summed E-state index contributed by atoms with van der Waals surface area (Å²) >= 11 is 1.53. The van der Waals surface area contributed by atoms with Gasteiger partial charge in [-0.05, 0) is 40.7 Å². The van der Waals surface area contributed by atoms with Crippen molar-refractivity contribution >= 4 is 27.8 Å². The van der Waals surface area contributed by atoms with E-state index in [0.29, 0.717) is 25.9 Å². The summed E-state index contributed by atoms with van der Waals surface area (Å²) in [5.74, 6) is 0. The highest BCUT2D eigenvalue weighted by molar-refractivity contribution is 7.12. The number of hydrogen-bond donors (Lipinski definition) is 0. The van der Waals surface area contributed by atoms with Gasteiger partial charge in [-0.3, -0.25) is 0 Å². The van der Waals surface area contributed by atoms with Crippen LogP contribution in [-0.2, 0) is 7.05 Å². The molecule has 0 aliphatic heterocycles. The summed E-state index contributed by atoms with van der Waals surface area (Å²) in [4.78, 5) is 2.03. The summed E-state index contributed by atoms with van der Waals surface area (Å²) in [6.45, 7) is 1.23. The van der Waals surface area contributed by atoms with Crippen LogP contribution in [0.15, 0.2) is 46.1 Å². The van der Waals surface area contributed by atoms with E-state index in [4.69, 9.17) is 10.5 Å². The van der Waals surface area contributed by atoms with E-state index in [1.54, 1.807) is 0 Å². The molecule has 7 heteroatoms. The predicted molar refractivity (Wildman–Crippen MR) is 88.8 cm³/mol. The van der Waals surface area contributed by atoms with Crippen LogP contribution >= 0.6 is 11.3 Å². The average molecular weight is 325 g/mol. The highest BCUT2D eigenvalue weighted by Gasteiger charge is 2.08. The minimum atomic E-state index is 0.432. The number of thiazole rings is 1. The van der Waals surface area contributed by atoms with Crippen LogP contribution in [0.4, 0.5) is 16.5 Å². The third-order valence-corrected chi connectivity index (χ3v) is 4.05. The first-order valence-corrected chi connectivity index (χ1v) is 8.06. The van der Waals surface area contributed by atoms with Gasteiger partial charge >= 0.3 is 5.13 Å². The largest absolute Gasteiger partial charge is 0.408 e. The summed E-state index contributed by atoms with van der Waals surface area (Å²) < 4.78 is 1.91. The summed E-state index contributed by atoms with van der Waals surface area (Å²) in [5, 5.41) is 28.7. The third-order valence-electron chi connectivity index (χ3n) is 3.21. The van der Waals surface area contributed by atoms with E-state index < -0.39 is 0 Å². The SMILES string of the molecule is C[n+]1ccsc1N=Nc1ccc(N(CCC#N)CCC#N)cc1. The Morgan fingerprint density at radius 1 is 1.09 bits per heavy atom. The van der Waals surface area contributed by atoms with E-state index in [0.717, 1.165) is 16.5 Å². The van der Waals surface area contributed by atoms with Crippen LogP contribution in [0.25, 0.3) is 0 Å². The fourth-order valence-electron chi connectivity index (χ4n) is 1.99. The molecule has 1 aromatic heterocycles. The van der Waals surface area contributed by atoms with E-state index in [2.05, 4.69) is 22.4 Å². The highest BCUT2D eigenvalue weighted by Crippen LogP contribution is 2.22. The maximum absolute atomic E-state index is 8.74. The molecule has 0 aliphatic carbocycles. The number of nitriles is 2. The van der Waals surface area contributed by atoms with Crippen LogP contribution in [0, 0.1) is 22.7 Å². The monoisotopic (exact) mass is 325 g/mol. The van der Waals surface area contributed by atoms with Crippen molar-refractivity contribution in [3.05, 3.63) is 35.8 Å². The molecule has 0 radical (unpaired) electrons. The lowest BCUT2D eigenvalue weighted by Crippen LogP contribution is -2.25.